The minimum absolute atomic E-state index is 0.495. The van der Waals surface area contributed by atoms with Crippen LogP contribution in [0, 0.1) is 6.92 Å². The largest absolute Gasteiger partial charge is 0.359 e. The summed E-state index contributed by atoms with van der Waals surface area (Å²) in [6.45, 7) is 7.57. The molecule has 2 nitrogen and oxygen atoms in total. The number of fused-ring (bicyclic) bond motifs is 1. The van der Waals surface area contributed by atoms with Gasteiger partial charge in [0.25, 0.3) is 0 Å². The van der Waals surface area contributed by atoms with Crippen molar-refractivity contribution in [1.82, 2.24) is 10.3 Å². The molecule has 2 aromatic rings. The lowest BCUT2D eigenvalue weighted by molar-refractivity contribution is 0.495. The van der Waals surface area contributed by atoms with Crippen molar-refractivity contribution >= 4 is 10.9 Å². The Morgan fingerprint density at radius 3 is 2.78 bits per heavy atom. The Kier molecular flexibility index (Phi) is 4.43. The maximum atomic E-state index is 3.60. The lowest BCUT2D eigenvalue weighted by Crippen LogP contribution is -2.20. The molecule has 1 unspecified atom stereocenters. The van der Waals surface area contributed by atoms with E-state index in [0.717, 1.165) is 6.54 Å². The summed E-state index contributed by atoms with van der Waals surface area (Å²) in [5, 5.41) is 4.92. The Balaban J connectivity index is 2.25. The van der Waals surface area contributed by atoms with Gasteiger partial charge < -0.3 is 10.3 Å². The third-order valence-electron chi connectivity index (χ3n) is 3.48. The number of aromatic amines is 1. The minimum atomic E-state index is 0.495. The molecule has 0 spiro atoms. The number of H-pyrrole nitrogens is 1. The van der Waals surface area contributed by atoms with Gasteiger partial charge in [-0.2, -0.15) is 0 Å². The van der Waals surface area contributed by atoms with Crippen LogP contribution in [-0.2, 0) is 0 Å². The van der Waals surface area contributed by atoms with Crippen molar-refractivity contribution in [2.24, 2.45) is 0 Å². The molecule has 1 heterocycles. The van der Waals surface area contributed by atoms with Crippen LogP contribution in [0.1, 0.15) is 50.4 Å². The average molecular weight is 244 g/mol. The van der Waals surface area contributed by atoms with Crippen LogP contribution >= 0.6 is 0 Å². The molecule has 2 N–H and O–H groups in total. The number of nitrogens with one attached hydrogen (secondary N) is 2. The van der Waals surface area contributed by atoms with Crippen molar-refractivity contribution in [3.8, 4) is 0 Å². The van der Waals surface area contributed by atoms with Crippen LogP contribution in [0.3, 0.4) is 0 Å². The molecule has 0 radical (unpaired) electrons. The Morgan fingerprint density at radius 1 is 1.22 bits per heavy atom. The summed E-state index contributed by atoms with van der Waals surface area (Å²) in [6.07, 6.45) is 3.76. The third kappa shape index (κ3) is 2.94. The molecule has 1 atom stereocenters. The van der Waals surface area contributed by atoms with E-state index < -0.39 is 0 Å². The maximum Gasteiger partial charge on any atom is 0.0456 e. The summed E-state index contributed by atoms with van der Waals surface area (Å²) in [7, 11) is 0. The van der Waals surface area contributed by atoms with E-state index in [1.165, 1.54) is 41.4 Å². The predicted molar refractivity (Wildman–Crippen MR) is 79.0 cm³/mol. The van der Waals surface area contributed by atoms with Gasteiger partial charge in [-0.1, -0.05) is 32.8 Å². The monoisotopic (exact) mass is 244 g/mol. The molecular weight excluding hydrogens is 220 g/mol. The summed E-state index contributed by atoms with van der Waals surface area (Å²) >= 11 is 0. The van der Waals surface area contributed by atoms with Crippen LogP contribution < -0.4 is 5.32 Å². The van der Waals surface area contributed by atoms with Crippen molar-refractivity contribution < 1.29 is 0 Å². The standard InChI is InChI=1S/C16H24N2/c1-4-6-7-15(17-5-2)13-8-9-16-14(11-13)10-12(3)18-16/h8-11,15,17-18H,4-7H2,1-3H3. The number of hydrogen-bond acceptors (Lipinski definition) is 1. The second kappa shape index (κ2) is 6.05. The molecule has 0 aliphatic carbocycles. The smallest absolute Gasteiger partial charge is 0.0456 e. The number of hydrogen-bond donors (Lipinski definition) is 2. The summed E-state index contributed by atoms with van der Waals surface area (Å²) in [4.78, 5) is 3.38. The Labute approximate surface area is 110 Å². The highest BCUT2D eigenvalue weighted by molar-refractivity contribution is 5.81. The molecule has 0 fully saturated rings. The number of unbranched alkanes of at least 4 members (excludes halogenated alkanes) is 1. The summed E-state index contributed by atoms with van der Waals surface area (Å²) < 4.78 is 0. The zero-order chi connectivity index (χ0) is 13.0. The first-order valence-electron chi connectivity index (χ1n) is 7.07. The van der Waals surface area contributed by atoms with Crippen molar-refractivity contribution in [2.75, 3.05) is 6.54 Å². The third-order valence-corrected chi connectivity index (χ3v) is 3.48. The molecule has 0 bridgehead atoms. The van der Waals surface area contributed by atoms with Gasteiger partial charge in [-0.15, -0.1) is 0 Å². The topological polar surface area (TPSA) is 27.8 Å². The first-order chi connectivity index (χ1) is 8.74. The van der Waals surface area contributed by atoms with Crippen molar-refractivity contribution in [1.29, 1.82) is 0 Å². The van der Waals surface area contributed by atoms with Crippen molar-refractivity contribution in [2.45, 2.75) is 46.1 Å². The van der Waals surface area contributed by atoms with Crippen molar-refractivity contribution in [3.05, 3.63) is 35.5 Å². The second-order valence-corrected chi connectivity index (χ2v) is 5.05. The lowest BCUT2D eigenvalue weighted by atomic mass is 10.00. The fourth-order valence-electron chi connectivity index (χ4n) is 2.55. The van der Waals surface area contributed by atoms with Crippen LogP contribution in [0.5, 0.6) is 0 Å². The van der Waals surface area contributed by atoms with Gasteiger partial charge in [0.05, 0.1) is 0 Å². The van der Waals surface area contributed by atoms with Crippen LogP contribution in [0.25, 0.3) is 10.9 Å². The van der Waals surface area contributed by atoms with Gasteiger partial charge in [0.2, 0.25) is 0 Å². The number of benzene rings is 1. The number of rotatable bonds is 6. The molecule has 98 valence electrons. The zero-order valence-corrected chi connectivity index (χ0v) is 11.7. The van der Waals surface area contributed by atoms with Crippen LogP contribution in [-0.4, -0.2) is 11.5 Å². The van der Waals surface area contributed by atoms with Crippen LogP contribution in [0.15, 0.2) is 24.3 Å². The Bertz CT molecular complexity index is 499. The van der Waals surface area contributed by atoms with E-state index in [4.69, 9.17) is 0 Å². The Morgan fingerprint density at radius 2 is 2.06 bits per heavy atom. The van der Waals surface area contributed by atoms with E-state index in [-0.39, 0.29) is 0 Å². The molecule has 18 heavy (non-hydrogen) atoms. The van der Waals surface area contributed by atoms with Gasteiger partial charge in [-0.05, 0) is 49.0 Å². The molecule has 0 aliphatic heterocycles. The highest BCUT2D eigenvalue weighted by atomic mass is 14.9. The fraction of sp³-hybridized carbons (Fsp3) is 0.500. The molecule has 0 aliphatic rings. The predicted octanol–water partition coefficient (Wildman–Crippen LogP) is 4.32. The van der Waals surface area contributed by atoms with E-state index in [1.807, 2.05) is 0 Å². The van der Waals surface area contributed by atoms with Gasteiger partial charge in [0.1, 0.15) is 0 Å². The molecule has 1 aromatic carbocycles. The van der Waals surface area contributed by atoms with E-state index >= 15 is 0 Å². The fourth-order valence-corrected chi connectivity index (χ4v) is 2.55. The van der Waals surface area contributed by atoms with Crippen LogP contribution in [0.4, 0.5) is 0 Å². The summed E-state index contributed by atoms with van der Waals surface area (Å²) in [5.74, 6) is 0. The van der Waals surface area contributed by atoms with Gasteiger partial charge in [0.15, 0.2) is 0 Å². The van der Waals surface area contributed by atoms with Crippen LogP contribution in [0.2, 0.25) is 0 Å². The van der Waals surface area contributed by atoms with E-state index in [0.29, 0.717) is 6.04 Å². The maximum absolute atomic E-state index is 3.60. The molecule has 0 amide bonds. The van der Waals surface area contributed by atoms with E-state index in [1.54, 1.807) is 0 Å². The minimum Gasteiger partial charge on any atom is -0.359 e. The molecule has 0 saturated heterocycles. The van der Waals surface area contributed by atoms with Gasteiger partial charge in [-0.25, -0.2) is 0 Å². The normalized spacial score (nSPS) is 13.1. The van der Waals surface area contributed by atoms with Crippen molar-refractivity contribution in [3.63, 3.8) is 0 Å². The average Bonchev–Trinajstić information content (AvgIpc) is 2.73. The quantitative estimate of drug-likeness (QED) is 0.778. The van der Waals surface area contributed by atoms with E-state index in [9.17, 15) is 0 Å². The van der Waals surface area contributed by atoms with Gasteiger partial charge in [0, 0.05) is 17.3 Å². The summed E-state index contributed by atoms with van der Waals surface area (Å²) in [5.41, 5.74) is 3.88. The molecule has 2 heteroatoms. The second-order valence-electron chi connectivity index (χ2n) is 5.05. The Hall–Kier alpha value is -1.28. The molecular formula is C16H24N2. The zero-order valence-electron chi connectivity index (χ0n) is 11.7. The first kappa shape index (κ1) is 13.2. The van der Waals surface area contributed by atoms with E-state index in [2.05, 4.69) is 55.3 Å². The highest BCUT2D eigenvalue weighted by Gasteiger charge is 2.10. The lowest BCUT2D eigenvalue weighted by Gasteiger charge is -2.18. The summed E-state index contributed by atoms with van der Waals surface area (Å²) in [6, 6.07) is 9.49. The molecule has 1 aromatic heterocycles. The molecule has 2 rings (SSSR count). The SMILES string of the molecule is CCCCC(NCC)c1ccc2[nH]c(C)cc2c1. The number of aryl methyl sites for hydroxylation is 1. The van der Waals surface area contributed by atoms with Gasteiger partial charge >= 0.3 is 0 Å². The first-order valence-corrected chi connectivity index (χ1v) is 7.07. The molecule has 0 saturated carbocycles. The highest BCUT2D eigenvalue weighted by Crippen LogP contribution is 2.24. The number of aromatic nitrogens is 1. The van der Waals surface area contributed by atoms with Gasteiger partial charge in [-0.3, -0.25) is 0 Å².